The van der Waals surface area contributed by atoms with Gasteiger partial charge in [0, 0.05) is 36.7 Å². The van der Waals surface area contributed by atoms with Gasteiger partial charge in [-0.25, -0.2) is 0 Å². The summed E-state index contributed by atoms with van der Waals surface area (Å²) in [6.45, 7) is 5.39. The van der Waals surface area contributed by atoms with Crippen molar-refractivity contribution in [3.8, 4) is 5.75 Å². The molecule has 1 saturated carbocycles. The number of rotatable bonds is 3. The van der Waals surface area contributed by atoms with Gasteiger partial charge < -0.3 is 32.8 Å². The van der Waals surface area contributed by atoms with Crippen LogP contribution in [0, 0.1) is 0 Å². The number of aromatic hydroxyl groups is 1. The molecule has 1 aromatic rings. The van der Waals surface area contributed by atoms with Crippen molar-refractivity contribution in [3.63, 3.8) is 0 Å². The summed E-state index contributed by atoms with van der Waals surface area (Å²) in [7, 11) is 2.13. The summed E-state index contributed by atoms with van der Waals surface area (Å²) in [5.74, 6) is -0.774. The Morgan fingerprint density at radius 1 is 1.43 bits per heavy atom. The van der Waals surface area contributed by atoms with Crippen LogP contribution in [0.2, 0.25) is 0 Å². The van der Waals surface area contributed by atoms with E-state index in [-0.39, 0.29) is 42.0 Å². The highest BCUT2D eigenvalue weighted by molar-refractivity contribution is 5.96. The van der Waals surface area contributed by atoms with E-state index < -0.39 is 16.9 Å². The number of Topliss-reactive ketones (excluding diaryl/α,β-unsaturated/α-hetero) is 1. The number of carbonyl (C=O) groups excluding carboxylic acids is 2. The van der Waals surface area contributed by atoms with Crippen LogP contribution in [0.3, 0.4) is 0 Å². The summed E-state index contributed by atoms with van der Waals surface area (Å²) in [6, 6.07) is 3.28. The lowest BCUT2D eigenvalue weighted by molar-refractivity contribution is -0.944. The van der Waals surface area contributed by atoms with Gasteiger partial charge >= 0.3 is 0 Å². The van der Waals surface area contributed by atoms with Gasteiger partial charge in [0.25, 0.3) is 5.91 Å². The van der Waals surface area contributed by atoms with E-state index in [1.165, 1.54) is 0 Å². The number of hydrogen-bond donors (Lipinski definition) is 3. The zero-order valence-corrected chi connectivity index (χ0v) is 16.8. The molecule has 1 amide bonds. The summed E-state index contributed by atoms with van der Waals surface area (Å²) < 4.78 is 0.660. The fraction of sp³-hybridized carbons (Fsp3) is 0.524. The largest absolute Gasteiger partial charge is 1.00 e. The molecule has 0 aromatic heterocycles. The van der Waals surface area contributed by atoms with Crippen LogP contribution in [0.5, 0.6) is 5.75 Å². The molecular formula is C21H27ClN2O4. The molecule has 28 heavy (non-hydrogen) atoms. The first-order chi connectivity index (χ1) is 12.7. The van der Waals surface area contributed by atoms with Crippen LogP contribution in [-0.4, -0.2) is 58.2 Å². The number of quaternary nitrogens is 1. The first-order valence-corrected chi connectivity index (χ1v) is 9.53. The lowest BCUT2D eigenvalue weighted by atomic mass is 9.48. The van der Waals surface area contributed by atoms with Crippen molar-refractivity contribution in [2.75, 3.05) is 20.1 Å². The smallest absolute Gasteiger partial charge is 0.252 e. The topological polar surface area (TPSA) is 101 Å². The lowest BCUT2D eigenvalue weighted by Gasteiger charge is -2.64. The second-order valence-electron chi connectivity index (χ2n) is 8.73. The molecule has 2 aliphatic carbocycles. The Bertz CT molecular complexity index is 872. The summed E-state index contributed by atoms with van der Waals surface area (Å²) in [4.78, 5) is 24.3. The molecule has 0 spiro atoms. The molecule has 152 valence electrons. The average molecular weight is 407 g/mol. The van der Waals surface area contributed by atoms with E-state index in [2.05, 4.69) is 13.6 Å². The van der Waals surface area contributed by atoms with Gasteiger partial charge in [-0.1, -0.05) is 12.6 Å². The van der Waals surface area contributed by atoms with Gasteiger partial charge in [0.05, 0.1) is 25.7 Å². The third-order valence-corrected chi connectivity index (χ3v) is 7.43. The van der Waals surface area contributed by atoms with Crippen LogP contribution in [0.15, 0.2) is 24.8 Å². The standard InChI is InChI=1S/C21H26N2O4.ClH/c1-3-9-23(2)10-8-20-12-14(24)6-7-21(20,27)16(23)11-13-4-5-15(19(22)26)18(25)17(13)20;/h3-5,16,27H,1,6-12H2,2H3,(H2-,22,25,26);1H/t16?,20?,21-,23-;/m1./s1. The molecule has 2 bridgehead atoms. The molecule has 3 aliphatic rings. The molecule has 7 heteroatoms. The van der Waals surface area contributed by atoms with E-state index in [0.29, 0.717) is 35.7 Å². The Hall–Kier alpha value is -1.89. The molecule has 4 atom stereocenters. The Balaban J connectivity index is 0.00000225. The number of likely N-dealkylation sites (tertiary alicyclic amines) is 1. The maximum Gasteiger partial charge on any atom is 0.252 e. The number of primary amides is 1. The number of ketones is 1. The average Bonchev–Trinajstić information content (AvgIpc) is 2.59. The van der Waals surface area contributed by atoms with E-state index in [0.717, 1.165) is 18.7 Å². The fourth-order valence-corrected chi connectivity index (χ4v) is 6.13. The SMILES string of the molecule is C=CC[N@+]1(C)CCC23CC(=O)CC[C@@]2(O)C1Cc1ccc(C(N)=O)c(O)c13.[Cl-]. The molecule has 6 nitrogen and oxygen atoms in total. The van der Waals surface area contributed by atoms with Gasteiger partial charge in [-0.2, -0.15) is 0 Å². The number of piperidine rings is 1. The molecular weight excluding hydrogens is 380 g/mol. The first-order valence-electron chi connectivity index (χ1n) is 9.53. The molecule has 4 rings (SSSR count). The Labute approximate surface area is 171 Å². The first kappa shape index (κ1) is 20.8. The number of amides is 1. The van der Waals surface area contributed by atoms with Crippen LogP contribution in [0.25, 0.3) is 0 Å². The zero-order valence-electron chi connectivity index (χ0n) is 16.1. The van der Waals surface area contributed by atoms with E-state index >= 15 is 0 Å². The van der Waals surface area contributed by atoms with Crippen molar-refractivity contribution in [1.82, 2.24) is 0 Å². The Morgan fingerprint density at radius 3 is 2.79 bits per heavy atom. The van der Waals surface area contributed by atoms with E-state index in [1.54, 1.807) is 6.07 Å². The van der Waals surface area contributed by atoms with Gasteiger partial charge in [-0.15, -0.1) is 0 Å². The van der Waals surface area contributed by atoms with Gasteiger partial charge in [0.2, 0.25) is 0 Å². The highest BCUT2D eigenvalue weighted by atomic mass is 35.5. The normalized spacial score (nSPS) is 35.9. The molecule has 1 aliphatic heterocycles. The summed E-state index contributed by atoms with van der Waals surface area (Å²) in [5, 5.41) is 23.0. The molecule has 2 unspecified atom stereocenters. The molecule has 2 fully saturated rings. The molecule has 0 radical (unpaired) electrons. The van der Waals surface area contributed by atoms with Crippen molar-refractivity contribution in [2.24, 2.45) is 5.73 Å². The van der Waals surface area contributed by atoms with Crippen LogP contribution in [0.1, 0.15) is 47.2 Å². The maximum atomic E-state index is 12.5. The summed E-state index contributed by atoms with van der Waals surface area (Å²) in [5.41, 5.74) is 4.98. The predicted octanol–water partition coefficient (Wildman–Crippen LogP) is -1.82. The quantitative estimate of drug-likeness (QED) is 0.406. The molecule has 4 N–H and O–H groups in total. The predicted molar refractivity (Wildman–Crippen MR) is 100 cm³/mol. The van der Waals surface area contributed by atoms with Crippen LogP contribution >= 0.6 is 0 Å². The number of aliphatic hydroxyl groups is 1. The maximum absolute atomic E-state index is 12.5. The summed E-state index contributed by atoms with van der Waals surface area (Å²) in [6.07, 6.45) is 3.94. The molecule has 1 saturated heterocycles. The van der Waals surface area contributed by atoms with Gasteiger partial charge in [-0.3, -0.25) is 9.59 Å². The second-order valence-corrected chi connectivity index (χ2v) is 8.73. The van der Waals surface area contributed by atoms with Gasteiger partial charge in [0.1, 0.15) is 23.2 Å². The third kappa shape index (κ3) is 2.48. The van der Waals surface area contributed by atoms with Crippen LogP contribution in [0.4, 0.5) is 0 Å². The number of carbonyl (C=O) groups is 2. The highest BCUT2D eigenvalue weighted by Crippen LogP contribution is 2.60. The molecule has 1 aromatic carbocycles. The minimum absolute atomic E-state index is 0. The number of phenols is 1. The lowest BCUT2D eigenvalue weighted by Crippen LogP contribution is -3.00. The fourth-order valence-electron chi connectivity index (χ4n) is 6.13. The third-order valence-electron chi connectivity index (χ3n) is 7.43. The van der Waals surface area contributed by atoms with Crippen molar-refractivity contribution in [3.05, 3.63) is 41.5 Å². The van der Waals surface area contributed by atoms with Crippen molar-refractivity contribution < 1.29 is 36.7 Å². The minimum Gasteiger partial charge on any atom is -1.00 e. The van der Waals surface area contributed by atoms with Gasteiger partial charge in [0.15, 0.2) is 0 Å². The zero-order chi connectivity index (χ0) is 19.6. The van der Waals surface area contributed by atoms with Crippen molar-refractivity contribution >= 4 is 11.7 Å². The highest BCUT2D eigenvalue weighted by Gasteiger charge is 2.69. The Kier molecular flexibility index (Phi) is 4.89. The number of likely N-dealkylation sites (N-methyl/N-ethyl adjacent to an activating group) is 1. The Morgan fingerprint density at radius 2 is 2.14 bits per heavy atom. The number of hydrogen-bond acceptors (Lipinski definition) is 4. The number of benzene rings is 1. The van der Waals surface area contributed by atoms with E-state index in [4.69, 9.17) is 5.73 Å². The van der Waals surface area contributed by atoms with E-state index in [9.17, 15) is 19.8 Å². The second kappa shape index (κ2) is 6.58. The van der Waals surface area contributed by atoms with Crippen LogP contribution < -0.4 is 18.1 Å². The van der Waals surface area contributed by atoms with E-state index in [1.807, 2.05) is 12.1 Å². The van der Waals surface area contributed by atoms with Crippen molar-refractivity contribution in [2.45, 2.75) is 49.2 Å². The number of nitrogens with zero attached hydrogens (tertiary/aromatic N) is 1. The monoisotopic (exact) mass is 406 g/mol. The van der Waals surface area contributed by atoms with Crippen LogP contribution in [-0.2, 0) is 16.6 Å². The number of nitrogens with two attached hydrogens (primary N) is 1. The number of fused-ring (bicyclic) bond motifs is 1. The van der Waals surface area contributed by atoms with Crippen molar-refractivity contribution in [1.29, 1.82) is 0 Å². The summed E-state index contributed by atoms with van der Waals surface area (Å²) >= 11 is 0. The van der Waals surface area contributed by atoms with Gasteiger partial charge in [-0.05, 0) is 24.1 Å². The molecule has 1 heterocycles. The number of halogens is 1. The minimum atomic E-state index is -1.11.